The van der Waals surface area contributed by atoms with Gasteiger partial charge in [0.2, 0.25) is 0 Å². The van der Waals surface area contributed by atoms with Gasteiger partial charge in [0.15, 0.2) is 7.14 Å². The fourth-order valence-corrected chi connectivity index (χ4v) is 11.9. The first-order chi connectivity index (χ1) is 29.5. The first-order valence-electron chi connectivity index (χ1n) is 20.1. The molecule has 0 saturated carbocycles. The second-order valence-electron chi connectivity index (χ2n) is 15.4. The summed E-state index contributed by atoms with van der Waals surface area (Å²) in [6.45, 7) is 4.46. The number of nitrogens with zero attached hydrogens (tertiary/aromatic N) is 4. The lowest BCUT2D eigenvalue weighted by Crippen LogP contribution is -2.24. The van der Waals surface area contributed by atoms with Crippen LogP contribution in [0, 0.1) is 13.8 Å². The van der Waals surface area contributed by atoms with E-state index in [1.165, 1.54) is 5.39 Å². The van der Waals surface area contributed by atoms with Crippen molar-refractivity contribution in [2.75, 3.05) is 0 Å². The molecule has 0 radical (unpaired) electrons. The summed E-state index contributed by atoms with van der Waals surface area (Å²) in [7, 11) is -3.10. The Kier molecular flexibility index (Phi) is 8.47. The van der Waals surface area contributed by atoms with Gasteiger partial charge in [0, 0.05) is 73.4 Å². The molecule has 0 N–H and O–H groups in total. The van der Waals surface area contributed by atoms with Crippen molar-refractivity contribution >= 4 is 77.2 Å². The van der Waals surface area contributed by atoms with Crippen LogP contribution in [-0.2, 0) is 4.57 Å². The van der Waals surface area contributed by atoms with E-state index in [9.17, 15) is 0 Å². The van der Waals surface area contributed by atoms with Gasteiger partial charge in [0.1, 0.15) is 0 Å². The molecule has 60 heavy (non-hydrogen) atoms. The summed E-state index contributed by atoms with van der Waals surface area (Å²) in [5, 5.41) is 11.3. The van der Waals surface area contributed by atoms with Crippen molar-refractivity contribution in [3.63, 3.8) is 0 Å². The van der Waals surface area contributed by atoms with E-state index in [0.29, 0.717) is 0 Å². The highest BCUT2D eigenvalue weighted by molar-refractivity contribution is 7.85. The highest BCUT2D eigenvalue weighted by atomic mass is 31.2. The molecule has 0 aliphatic rings. The van der Waals surface area contributed by atoms with Crippen LogP contribution in [0.4, 0.5) is 0 Å². The average molecular weight is 789 g/mol. The standard InChI is InChI=1S/C54H37N4OP/c1-34-49-45-19-9-10-20-47(45)57-53(40-13-11-27-55-32-40)51(49)35(2)50-46-26-24-39(31-48(46)58-54(52(34)50)41-14-12-28-56-33-41)36-21-22-38-30-44(25-23-37(38)29-36)60(59,42-15-5-3-6-16-42)43-17-7-4-8-18-43/h3-33H,1-2H3. The van der Waals surface area contributed by atoms with Crippen molar-refractivity contribution in [1.82, 2.24) is 19.9 Å². The third kappa shape index (κ3) is 5.66. The third-order valence-electron chi connectivity index (χ3n) is 12.0. The highest BCUT2D eigenvalue weighted by Crippen LogP contribution is 2.46. The lowest BCUT2D eigenvalue weighted by Gasteiger charge is -2.21. The number of rotatable bonds is 6. The van der Waals surface area contributed by atoms with Crippen molar-refractivity contribution in [3.8, 4) is 33.6 Å². The number of para-hydroxylation sites is 1. The van der Waals surface area contributed by atoms with Crippen molar-refractivity contribution in [2.45, 2.75) is 13.8 Å². The average Bonchev–Trinajstić information content (AvgIpc) is 3.32. The number of fused-ring (bicyclic) bond motifs is 7. The Hall–Kier alpha value is -7.33. The molecule has 0 saturated heterocycles. The van der Waals surface area contributed by atoms with Gasteiger partial charge in [-0.15, -0.1) is 0 Å². The number of hydrogen-bond acceptors (Lipinski definition) is 5. The highest BCUT2D eigenvalue weighted by Gasteiger charge is 2.30. The minimum absolute atomic E-state index is 0.818. The molecule has 0 atom stereocenters. The summed E-state index contributed by atoms with van der Waals surface area (Å²) in [5.41, 5.74) is 10.1. The zero-order valence-electron chi connectivity index (χ0n) is 33.0. The van der Waals surface area contributed by atoms with Crippen LogP contribution in [-0.4, -0.2) is 19.9 Å². The van der Waals surface area contributed by atoms with Gasteiger partial charge in [0.05, 0.1) is 22.4 Å². The molecule has 4 heterocycles. The number of benzene rings is 7. The van der Waals surface area contributed by atoms with Crippen LogP contribution in [0.3, 0.4) is 0 Å². The maximum atomic E-state index is 15.1. The number of aryl methyl sites for hydroxylation is 2. The van der Waals surface area contributed by atoms with E-state index in [2.05, 4.69) is 103 Å². The normalized spacial score (nSPS) is 11.9. The molecule has 0 unspecified atom stereocenters. The molecule has 284 valence electrons. The molecular formula is C54H37N4OP. The first-order valence-corrected chi connectivity index (χ1v) is 21.8. The zero-order chi connectivity index (χ0) is 40.4. The second kappa shape index (κ2) is 14.2. The maximum Gasteiger partial charge on any atom is 0.171 e. The van der Waals surface area contributed by atoms with Crippen LogP contribution in [0.5, 0.6) is 0 Å². The van der Waals surface area contributed by atoms with Gasteiger partial charge in [0.25, 0.3) is 0 Å². The predicted molar refractivity (Wildman–Crippen MR) is 250 cm³/mol. The molecule has 5 nitrogen and oxygen atoms in total. The second-order valence-corrected chi connectivity index (χ2v) is 18.2. The fraction of sp³-hybridized carbons (Fsp3) is 0.0370. The van der Waals surface area contributed by atoms with E-state index in [0.717, 1.165) is 109 Å². The summed E-state index contributed by atoms with van der Waals surface area (Å²) in [5.74, 6) is 0. The van der Waals surface area contributed by atoms with Crippen molar-refractivity contribution < 1.29 is 4.57 Å². The minimum Gasteiger partial charge on any atom is -0.309 e. The number of aromatic nitrogens is 4. The lowest BCUT2D eigenvalue weighted by atomic mass is 9.86. The first kappa shape index (κ1) is 35.8. The lowest BCUT2D eigenvalue weighted by molar-refractivity contribution is 0.592. The van der Waals surface area contributed by atoms with E-state index in [-0.39, 0.29) is 0 Å². The van der Waals surface area contributed by atoms with Crippen LogP contribution < -0.4 is 15.9 Å². The van der Waals surface area contributed by atoms with E-state index < -0.39 is 7.14 Å². The number of hydrogen-bond donors (Lipinski definition) is 0. The fourth-order valence-electron chi connectivity index (χ4n) is 9.17. The molecule has 0 aliphatic heterocycles. The topological polar surface area (TPSA) is 68.6 Å². The van der Waals surface area contributed by atoms with Gasteiger partial charge in [-0.3, -0.25) is 9.97 Å². The monoisotopic (exact) mass is 788 g/mol. The Morgan fingerprint density at radius 3 is 1.53 bits per heavy atom. The molecule has 4 aromatic heterocycles. The van der Waals surface area contributed by atoms with Gasteiger partial charge >= 0.3 is 0 Å². The van der Waals surface area contributed by atoms with Crippen LogP contribution >= 0.6 is 7.14 Å². The zero-order valence-corrected chi connectivity index (χ0v) is 33.9. The summed E-state index contributed by atoms with van der Waals surface area (Å²) in [4.78, 5) is 19.8. The molecule has 0 spiro atoms. The third-order valence-corrected chi connectivity index (χ3v) is 15.1. The van der Waals surface area contributed by atoms with Crippen LogP contribution in [0.15, 0.2) is 189 Å². The van der Waals surface area contributed by atoms with Crippen LogP contribution in [0.1, 0.15) is 11.1 Å². The molecule has 11 aromatic rings. The van der Waals surface area contributed by atoms with E-state index in [1.807, 2.05) is 104 Å². The van der Waals surface area contributed by atoms with Crippen LogP contribution in [0.2, 0.25) is 0 Å². The largest absolute Gasteiger partial charge is 0.309 e. The molecule has 11 rings (SSSR count). The molecule has 0 aliphatic carbocycles. The quantitative estimate of drug-likeness (QED) is 0.0953. The Bertz CT molecular complexity index is 3480. The van der Waals surface area contributed by atoms with E-state index in [1.54, 1.807) is 6.20 Å². The Morgan fingerprint density at radius 2 is 0.917 bits per heavy atom. The molecule has 6 heteroatoms. The number of pyridine rings is 4. The van der Waals surface area contributed by atoms with Gasteiger partial charge < -0.3 is 4.57 Å². The maximum absolute atomic E-state index is 15.1. The Balaban J connectivity index is 1.12. The molecule has 0 bridgehead atoms. The minimum atomic E-state index is -3.10. The molecule has 0 fully saturated rings. The van der Waals surface area contributed by atoms with Gasteiger partial charge in [-0.1, -0.05) is 115 Å². The summed E-state index contributed by atoms with van der Waals surface area (Å²) < 4.78 is 15.1. The molecular weight excluding hydrogens is 752 g/mol. The van der Waals surface area contributed by atoms with E-state index in [4.69, 9.17) is 9.97 Å². The summed E-state index contributed by atoms with van der Waals surface area (Å²) in [6.07, 6.45) is 7.43. The van der Waals surface area contributed by atoms with Crippen molar-refractivity contribution in [3.05, 3.63) is 200 Å². The predicted octanol–water partition coefficient (Wildman–Crippen LogP) is 12.3. The Labute approximate surface area is 347 Å². The smallest absolute Gasteiger partial charge is 0.171 e. The van der Waals surface area contributed by atoms with Crippen molar-refractivity contribution in [1.29, 1.82) is 0 Å². The van der Waals surface area contributed by atoms with E-state index >= 15 is 4.57 Å². The van der Waals surface area contributed by atoms with Gasteiger partial charge in [-0.2, -0.15) is 0 Å². The summed E-state index contributed by atoms with van der Waals surface area (Å²) in [6, 6.07) is 55.6. The Morgan fingerprint density at radius 1 is 0.400 bits per heavy atom. The van der Waals surface area contributed by atoms with Gasteiger partial charge in [-0.25, -0.2) is 9.97 Å². The molecule has 0 amide bonds. The SMILES string of the molecule is Cc1c2c(-c3cccnc3)nc3cc(-c4ccc5cc(P(=O)(c6ccccc6)c6ccccc6)ccc5c4)ccc3c2c(C)c2c(-c3cccnc3)nc3ccccc3c12. The molecule has 7 aromatic carbocycles. The van der Waals surface area contributed by atoms with Gasteiger partial charge in [-0.05, 0) is 106 Å². The van der Waals surface area contributed by atoms with Crippen molar-refractivity contribution in [2.24, 2.45) is 0 Å². The summed E-state index contributed by atoms with van der Waals surface area (Å²) >= 11 is 0. The van der Waals surface area contributed by atoms with Crippen LogP contribution in [0.25, 0.3) is 87.8 Å².